The number of pyridine rings is 1. The zero-order valence-electron chi connectivity index (χ0n) is 7.68. The van der Waals surface area contributed by atoms with Crippen molar-refractivity contribution in [2.45, 2.75) is 12.8 Å². The van der Waals surface area contributed by atoms with Gasteiger partial charge in [0.15, 0.2) is 0 Å². The molecular formula is C10H10N3O. The second kappa shape index (κ2) is 4.00. The molecule has 0 aromatic carbocycles. The van der Waals surface area contributed by atoms with E-state index in [4.69, 9.17) is 4.52 Å². The first kappa shape index (κ1) is 8.87. The highest BCUT2D eigenvalue weighted by Crippen LogP contribution is 2.12. The van der Waals surface area contributed by atoms with Crippen LogP contribution in [0.15, 0.2) is 28.9 Å². The SMILES string of the molecule is [CH2]CCc1nc(-c2ccccn2)no1. The van der Waals surface area contributed by atoms with E-state index >= 15 is 0 Å². The van der Waals surface area contributed by atoms with Crippen molar-refractivity contribution in [3.05, 3.63) is 37.2 Å². The van der Waals surface area contributed by atoms with E-state index in [1.54, 1.807) is 6.20 Å². The quantitative estimate of drug-likeness (QED) is 0.738. The van der Waals surface area contributed by atoms with Gasteiger partial charge in [-0.25, -0.2) is 0 Å². The molecule has 4 heteroatoms. The highest BCUT2D eigenvalue weighted by molar-refractivity contribution is 5.46. The van der Waals surface area contributed by atoms with Gasteiger partial charge < -0.3 is 4.52 Å². The third-order valence-corrected chi connectivity index (χ3v) is 1.75. The van der Waals surface area contributed by atoms with Crippen molar-refractivity contribution in [3.63, 3.8) is 0 Å². The number of aryl methyl sites for hydroxylation is 1. The Kier molecular flexibility index (Phi) is 2.53. The Labute approximate surface area is 82.0 Å². The van der Waals surface area contributed by atoms with Gasteiger partial charge in [-0.05, 0) is 18.6 Å². The van der Waals surface area contributed by atoms with E-state index in [-0.39, 0.29) is 0 Å². The van der Waals surface area contributed by atoms with Gasteiger partial charge in [-0.1, -0.05) is 18.1 Å². The summed E-state index contributed by atoms with van der Waals surface area (Å²) < 4.78 is 5.02. The monoisotopic (exact) mass is 188 g/mol. The molecule has 2 rings (SSSR count). The van der Waals surface area contributed by atoms with Crippen molar-refractivity contribution in [2.24, 2.45) is 0 Å². The van der Waals surface area contributed by atoms with Gasteiger partial charge in [0.25, 0.3) is 0 Å². The Balaban J connectivity index is 2.25. The summed E-state index contributed by atoms with van der Waals surface area (Å²) in [4.78, 5) is 8.31. The molecule has 0 fully saturated rings. The van der Waals surface area contributed by atoms with Gasteiger partial charge in [-0.3, -0.25) is 4.98 Å². The smallest absolute Gasteiger partial charge is 0.227 e. The fraction of sp³-hybridized carbons (Fsp3) is 0.200. The fourth-order valence-electron chi connectivity index (χ4n) is 1.11. The summed E-state index contributed by atoms with van der Waals surface area (Å²) in [6.45, 7) is 3.72. The molecule has 0 unspecified atom stereocenters. The molecule has 0 spiro atoms. The van der Waals surface area contributed by atoms with E-state index in [9.17, 15) is 0 Å². The topological polar surface area (TPSA) is 51.8 Å². The van der Waals surface area contributed by atoms with Crippen molar-refractivity contribution < 1.29 is 4.52 Å². The highest BCUT2D eigenvalue weighted by atomic mass is 16.5. The summed E-state index contributed by atoms with van der Waals surface area (Å²) in [6, 6.07) is 5.58. The van der Waals surface area contributed by atoms with Crippen LogP contribution in [0.5, 0.6) is 0 Å². The Morgan fingerprint density at radius 3 is 3.00 bits per heavy atom. The van der Waals surface area contributed by atoms with Crippen LogP contribution in [0.2, 0.25) is 0 Å². The molecule has 0 atom stereocenters. The average molecular weight is 188 g/mol. The third kappa shape index (κ3) is 1.79. The maximum Gasteiger partial charge on any atom is 0.227 e. The Morgan fingerprint density at radius 2 is 2.29 bits per heavy atom. The summed E-state index contributed by atoms with van der Waals surface area (Å²) in [5, 5.41) is 3.83. The lowest BCUT2D eigenvalue weighted by Crippen LogP contribution is -1.85. The van der Waals surface area contributed by atoms with Gasteiger partial charge in [0.2, 0.25) is 11.7 Å². The lowest BCUT2D eigenvalue weighted by molar-refractivity contribution is 0.379. The molecular weight excluding hydrogens is 178 g/mol. The van der Waals surface area contributed by atoms with Gasteiger partial charge in [-0.15, -0.1) is 0 Å². The minimum absolute atomic E-state index is 0.536. The van der Waals surface area contributed by atoms with Crippen LogP contribution in [0.3, 0.4) is 0 Å². The predicted molar refractivity (Wildman–Crippen MR) is 51.2 cm³/mol. The van der Waals surface area contributed by atoms with Crippen LogP contribution >= 0.6 is 0 Å². The molecule has 0 saturated carbocycles. The molecule has 2 aromatic heterocycles. The van der Waals surface area contributed by atoms with Crippen molar-refractivity contribution >= 4 is 0 Å². The molecule has 71 valence electrons. The minimum atomic E-state index is 0.536. The van der Waals surface area contributed by atoms with E-state index in [0.717, 1.165) is 12.1 Å². The standard InChI is InChI=1S/C10H10N3O/c1-2-5-9-12-10(13-14-9)8-6-3-4-7-11-8/h3-4,6-7H,1-2,5H2. The molecule has 1 radical (unpaired) electrons. The van der Waals surface area contributed by atoms with Gasteiger partial charge in [0.1, 0.15) is 5.69 Å². The molecule has 4 nitrogen and oxygen atoms in total. The summed E-state index contributed by atoms with van der Waals surface area (Å²) >= 11 is 0. The van der Waals surface area contributed by atoms with Crippen LogP contribution in [0, 0.1) is 6.92 Å². The van der Waals surface area contributed by atoms with E-state index in [1.807, 2.05) is 18.2 Å². The first-order valence-electron chi connectivity index (χ1n) is 4.43. The lowest BCUT2D eigenvalue weighted by Gasteiger charge is -1.89. The van der Waals surface area contributed by atoms with Crippen LogP contribution in [0.25, 0.3) is 11.5 Å². The molecule has 0 aliphatic heterocycles. The summed E-state index contributed by atoms with van der Waals surface area (Å²) in [5.74, 6) is 1.15. The Morgan fingerprint density at radius 1 is 1.36 bits per heavy atom. The Bertz CT molecular complexity index is 397. The van der Waals surface area contributed by atoms with Crippen molar-refractivity contribution in [2.75, 3.05) is 0 Å². The van der Waals surface area contributed by atoms with Crippen molar-refractivity contribution in [3.8, 4) is 11.5 Å². The van der Waals surface area contributed by atoms with Gasteiger partial charge in [-0.2, -0.15) is 4.98 Å². The molecule has 0 saturated heterocycles. The normalized spacial score (nSPS) is 10.4. The summed E-state index contributed by atoms with van der Waals surface area (Å²) in [5.41, 5.74) is 0.728. The Hall–Kier alpha value is -1.71. The van der Waals surface area contributed by atoms with Gasteiger partial charge in [0.05, 0.1) is 0 Å². The summed E-state index contributed by atoms with van der Waals surface area (Å²) in [6.07, 6.45) is 3.16. The minimum Gasteiger partial charge on any atom is -0.339 e. The van der Waals surface area contributed by atoms with Gasteiger partial charge in [0, 0.05) is 12.6 Å². The molecule has 14 heavy (non-hydrogen) atoms. The van der Waals surface area contributed by atoms with Crippen molar-refractivity contribution in [1.29, 1.82) is 0 Å². The molecule has 0 aliphatic carbocycles. The van der Waals surface area contributed by atoms with E-state index in [2.05, 4.69) is 22.0 Å². The maximum atomic E-state index is 5.02. The molecule has 2 aromatic rings. The lowest BCUT2D eigenvalue weighted by atomic mass is 10.3. The molecule has 0 aliphatic rings. The third-order valence-electron chi connectivity index (χ3n) is 1.75. The largest absolute Gasteiger partial charge is 0.339 e. The zero-order valence-corrected chi connectivity index (χ0v) is 7.68. The van der Waals surface area contributed by atoms with Crippen LogP contribution in [0.1, 0.15) is 12.3 Å². The van der Waals surface area contributed by atoms with Crippen LogP contribution in [0.4, 0.5) is 0 Å². The second-order valence-corrected chi connectivity index (χ2v) is 2.83. The average Bonchev–Trinajstić information content (AvgIpc) is 2.68. The van der Waals surface area contributed by atoms with E-state index in [0.29, 0.717) is 18.1 Å². The number of aromatic nitrogens is 3. The number of hydrogen-bond acceptors (Lipinski definition) is 4. The summed E-state index contributed by atoms with van der Waals surface area (Å²) in [7, 11) is 0. The second-order valence-electron chi connectivity index (χ2n) is 2.83. The van der Waals surface area contributed by atoms with Crippen LogP contribution in [-0.2, 0) is 6.42 Å². The first-order chi connectivity index (χ1) is 6.90. The van der Waals surface area contributed by atoms with Crippen LogP contribution in [-0.4, -0.2) is 15.1 Å². The number of nitrogens with zero attached hydrogens (tertiary/aromatic N) is 3. The first-order valence-corrected chi connectivity index (χ1v) is 4.43. The van der Waals surface area contributed by atoms with Gasteiger partial charge >= 0.3 is 0 Å². The number of rotatable bonds is 3. The highest BCUT2D eigenvalue weighted by Gasteiger charge is 2.07. The molecule has 0 bridgehead atoms. The predicted octanol–water partition coefficient (Wildman–Crippen LogP) is 1.90. The zero-order chi connectivity index (χ0) is 9.80. The molecule has 0 N–H and O–H groups in total. The van der Waals surface area contributed by atoms with E-state index < -0.39 is 0 Å². The fourth-order valence-corrected chi connectivity index (χ4v) is 1.11. The van der Waals surface area contributed by atoms with E-state index in [1.165, 1.54) is 0 Å². The molecule has 0 amide bonds. The molecule has 2 heterocycles. The van der Waals surface area contributed by atoms with Crippen molar-refractivity contribution in [1.82, 2.24) is 15.1 Å². The van der Waals surface area contributed by atoms with Crippen LogP contribution < -0.4 is 0 Å². The maximum absolute atomic E-state index is 5.02. The number of hydrogen-bond donors (Lipinski definition) is 0.